The van der Waals surface area contributed by atoms with E-state index < -0.39 is 49.3 Å². The van der Waals surface area contributed by atoms with Gasteiger partial charge in [-0.25, -0.2) is 0 Å². The van der Waals surface area contributed by atoms with Crippen LogP contribution < -0.4 is 25.8 Å². The number of carbonyl (C=O) groups is 1. The SMILES string of the molecule is COc1cccc(CNC(=O)C(Nc2cccc(C(=N)N)c2)c2ccccc2OC2OC(CO)C(O)C(O)C2O)c1. The number of nitrogen functional groups attached to an aromatic ring is 1. The van der Waals surface area contributed by atoms with Crippen LogP contribution in [0.15, 0.2) is 72.8 Å². The van der Waals surface area contributed by atoms with Gasteiger partial charge in [-0.2, -0.15) is 0 Å². The first-order chi connectivity index (χ1) is 19.7. The van der Waals surface area contributed by atoms with Crippen LogP contribution in [0.4, 0.5) is 5.69 Å². The van der Waals surface area contributed by atoms with Crippen molar-refractivity contribution in [2.75, 3.05) is 19.0 Å². The molecule has 9 N–H and O–H groups in total. The van der Waals surface area contributed by atoms with Crippen molar-refractivity contribution in [2.24, 2.45) is 5.73 Å². The molecule has 3 aromatic carbocycles. The lowest BCUT2D eigenvalue weighted by Gasteiger charge is -2.39. The fourth-order valence-corrected chi connectivity index (χ4v) is 4.42. The maximum absolute atomic E-state index is 13.7. The van der Waals surface area contributed by atoms with Gasteiger partial charge in [0.2, 0.25) is 12.2 Å². The highest BCUT2D eigenvalue weighted by molar-refractivity contribution is 5.96. The van der Waals surface area contributed by atoms with Gasteiger partial charge in [0.05, 0.1) is 13.7 Å². The zero-order chi connectivity index (χ0) is 29.5. The summed E-state index contributed by atoms with van der Waals surface area (Å²) in [6.07, 6.45) is -7.43. The van der Waals surface area contributed by atoms with Gasteiger partial charge in [0.15, 0.2) is 0 Å². The Morgan fingerprint density at radius 2 is 1.78 bits per heavy atom. The van der Waals surface area contributed by atoms with Crippen molar-refractivity contribution < 1.29 is 39.4 Å². The molecule has 1 heterocycles. The Kier molecular flexibility index (Phi) is 9.76. The second-order valence-electron chi connectivity index (χ2n) is 9.49. The van der Waals surface area contributed by atoms with Crippen LogP contribution >= 0.6 is 0 Å². The number of rotatable bonds is 11. The first-order valence-electron chi connectivity index (χ1n) is 12.9. The Labute approximate surface area is 236 Å². The zero-order valence-corrected chi connectivity index (χ0v) is 22.3. The molecule has 12 nitrogen and oxygen atoms in total. The van der Waals surface area contributed by atoms with Crippen molar-refractivity contribution in [2.45, 2.75) is 43.3 Å². The number of carbonyl (C=O) groups excluding carboxylic acids is 1. The highest BCUT2D eigenvalue weighted by Crippen LogP contribution is 2.32. The predicted octanol–water partition coefficient (Wildman–Crippen LogP) is 0.628. The molecular weight excluding hydrogens is 532 g/mol. The number of aliphatic hydroxyl groups excluding tert-OH is 4. The van der Waals surface area contributed by atoms with E-state index in [1.807, 2.05) is 12.1 Å². The molecule has 6 atom stereocenters. The maximum atomic E-state index is 13.7. The van der Waals surface area contributed by atoms with Gasteiger partial charge in [-0.1, -0.05) is 42.5 Å². The Morgan fingerprint density at radius 3 is 2.51 bits per heavy atom. The second kappa shape index (κ2) is 13.4. The van der Waals surface area contributed by atoms with Gasteiger partial charge >= 0.3 is 0 Å². The van der Waals surface area contributed by atoms with Crippen LogP contribution in [0.25, 0.3) is 0 Å². The summed E-state index contributed by atoms with van der Waals surface area (Å²) in [6.45, 7) is -0.423. The van der Waals surface area contributed by atoms with E-state index in [-0.39, 0.29) is 18.1 Å². The number of nitrogens with two attached hydrogens (primary N) is 1. The third-order valence-electron chi connectivity index (χ3n) is 6.67. The number of nitrogens with one attached hydrogen (secondary N) is 3. The molecule has 0 aromatic heterocycles. The van der Waals surface area contributed by atoms with Crippen LogP contribution in [-0.2, 0) is 16.1 Å². The molecule has 0 bridgehead atoms. The first kappa shape index (κ1) is 29.8. The fraction of sp³-hybridized carbons (Fsp3) is 0.310. The Hall–Kier alpha value is -4.20. The summed E-state index contributed by atoms with van der Waals surface area (Å²) in [5.41, 5.74) is 7.78. The summed E-state index contributed by atoms with van der Waals surface area (Å²) in [5.74, 6) is 0.226. The van der Waals surface area contributed by atoms with Crippen LogP contribution in [0.1, 0.15) is 22.7 Å². The largest absolute Gasteiger partial charge is 0.497 e. The molecule has 1 aliphatic heterocycles. The van der Waals surface area contributed by atoms with Crippen molar-refractivity contribution >= 4 is 17.4 Å². The number of ether oxygens (including phenoxy) is 3. The number of amides is 1. The summed E-state index contributed by atoms with van der Waals surface area (Å²) >= 11 is 0. The van der Waals surface area contributed by atoms with Crippen molar-refractivity contribution in [3.8, 4) is 11.5 Å². The van der Waals surface area contributed by atoms with Gasteiger partial charge < -0.3 is 51.0 Å². The molecule has 0 aliphatic carbocycles. The number of methoxy groups -OCH3 is 1. The van der Waals surface area contributed by atoms with Crippen LogP contribution in [0.3, 0.4) is 0 Å². The lowest BCUT2D eigenvalue weighted by Crippen LogP contribution is -2.60. The van der Waals surface area contributed by atoms with E-state index in [1.165, 1.54) is 0 Å². The zero-order valence-electron chi connectivity index (χ0n) is 22.3. The van der Waals surface area contributed by atoms with E-state index in [4.69, 9.17) is 25.4 Å². The molecular formula is C29H34N4O8. The topological polar surface area (TPSA) is 200 Å². The van der Waals surface area contributed by atoms with Crippen LogP contribution in [-0.4, -0.2) is 76.6 Å². The van der Waals surface area contributed by atoms with Crippen molar-refractivity contribution in [3.05, 3.63) is 89.5 Å². The fourth-order valence-electron chi connectivity index (χ4n) is 4.42. The van der Waals surface area contributed by atoms with E-state index in [9.17, 15) is 25.2 Å². The second-order valence-corrected chi connectivity index (χ2v) is 9.49. The lowest BCUT2D eigenvalue weighted by atomic mass is 9.99. The minimum absolute atomic E-state index is 0.140. The predicted molar refractivity (Wildman–Crippen MR) is 149 cm³/mol. The molecule has 1 aliphatic rings. The quantitative estimate of drug-likeness (QED) is 0.120. The van der Waals surface area contributed by atoms with Gasteiger partial charge in [-0.15, -0.1) is 0 Å². The third-order valence-corrected chi connectivity index (χ3v) is 6.67. The van der Waals surface area contributed by atoms with Gasteiger partial charge in [-0.05, 0) is 35.9 Å². The van der Waals surface area contributed by atoms with E-state index in [0.29, 0.717) is 22.6 Å². The molecule has 1 saturated heterocycles. The molecule has 1 fully saturated rings. The molecule has 4 rings (SSSR count). The molecule has 41 heavy (non-hydrogen) atoms. The summed E-state index contributed by atoms with van der Waals surface area (Å²) in [7, 11) is 1.55. The number of benzene rings is 3. The third kappa shape index (κ3) is 7.12. The Morgan fingerprint density at radius 1 is 1.02 bits per heavy atom. The van der Waals surface area contributed by atoms with E-state index in [0.717, 1.165) is 5.56 Å². The molecule has 3 aromatic rings. The van der Waals surface area contributed by atoms with Gasteiger partial charge in [0.25, 0.3) is 0 Å². The van der Waals surface area contributed by atoms with Crippen molar-refractivity contribution in [1.29, 1.82) is 5.41 Å². The van der Waals surface area contributed by atoms with Crippen LogP contribution in [0.5, 0.6) is 11.5 Å². The number of para-hydroxylation sites is 1. The standard InChI is InChI=1S/C29H34N4O8/c1-39-19-9-4-6-16(12-19)14-32-28(38)23(33-18-8-5-7-17(13-18)27(30)31)20-10-2-3-11-21(20)40-29-26(37)25(36)24(35)22(15-34)41-29/h2-13,22-26,29,33-37H,14-15H2,1H3,(H3,30,31)(H,32,38). The highest BCUT2D eigenvalue weighted by Gasteiger charge is 2.45. The molecule has 0 saturated carbocycles. The van der Waals surface area contributed by atoms with E-state index in [2.05, 4.69) is 10.6 Å². The van der Waals surface area contributed by atoms with Crippen LogP contribution in [0, 0.1) is 5.41 Å². The average Bonchev–Trinajstić information content (AvgIpc) is 2.99. The van der Waals surface area contributed by atoms with Gasteiger partial charge in [0.1, 0.15) is 47.8 Å². The molecule has 0 spiro atoms. The molecule has 12 heteroatoms. The normalized spacial score (nSPS) is 22.8. The molecule has 218 valence electrons. The van der Waals surface area contributed by atoms with E-state index >= 15 is 0 Å². The van der Waals surface area contributed by atoms with E-state index in [1.54, 1.807) is 67.8 Å². The summed E-state index contributed by atoms with van der Waals surface area (Å²) < 4.78 is 16.7. The number of hydrogen-bond acceptors (Lipinski definition) is 10. The van der Waals surface area contributed by atoms with Crippen LogP contribution in [0.2, 0.25) is 0 Å². The van der Waals surface area contributed by atoms with Gasteiger partial charge in [0, 0.05) is 23.4 Å². The Bertz CT molecular complexity index is 1350. The van der Waals surface area contributed by atoms with Crippen molar-refractivity contribution in [1.82, 2.24) is 5.32 Å². The Balaban J connectivity index is 1.64. The average molecular weight is 567 g/mol. The lowest BCUT2D eigenvalue weighted by molar-refractivity contribution is -0.277. The number of hydrogen-bond donors (Lipinski definition) is 8. The van der Waals surface area contributed by atoms with Crippen molar-refractivity contribution in [3.63, 3.8) is 0 Å². The molecule has 0 radical (unpaired) electrons. The summed E-state index contributed by atoms with van der Waals surface area (Å²) in [5, 5.41) is 54.2. The van der Waals surface area contributed by atoms with Gasteiger partial charge in [-0.3, -0.25) is 10.2 Å². The number of aliphatic hydroxyl groups is 4. The highest BCUT2D eigenvalue weighted by atomic mass is 16.7. The maximum Gasteiger partial charge on any atom is 0.247 e. The minimum atomic E-state index is -1.64. The molecule has 1 amide bonds. The number of amidine groups is 1. The smallest absolute Gasteiger partial charge is 0.247 e. The summed E-state index contributed by atoms with van der Waals surface area (Å²) in [6, 6.07) is 19.5. The first-order valence-corrected chi connectivity index (χ1v) is 12.9. The number of anilines is 1. The monoisotopic (exact) mass is 566 g/mol. The summed E-state index contributed by atoms with van der Waals surface area (Å²) in [4.78, 5) is 13.7. The molecule has 6 unspecified atom stereocenters. The minimum Gasteiger partial charge on any atom is -0.497 e.